The number of anilines is 2. The zero-order chi connectivity index (χ0) is 15.4. The smallest absolute Gasteiger partial charge is 0.289 e. The number of rotatable bonds is 4. The Morgan fingerprint density at radius 3 is 2.76 bits per heavy atom. The molecule has 0 atom stereocenters. The maximum atomic E-state index is 12.0. The van der Waals surface area contributed by atoms with Gasteiger partial charge < -0.3 is 10.7 Å². The number of nitrogen functional groups attached to an aromatic ring is 1. The summed E-state index contributed by atoms with van der Waals surface area (Å²) in [6.45, 7) is 0. The number of aromatic nitrogens is 1. The third-order valence-electron chi connectivity index (χ3n) is 2.53. The molecule has 0 bridgehead atoms. The Bertz CT molecular complexity index is 707. The van der Waals surface area contributed by atoms with Crippen molar-refractivity contribution in [3.63, 3.8) is 0 Å². The number of pyridine rings is 1. The largest absolute Gasteiger partial charge is 0.320 e. The van der Waals surface area contributed by atoms with Gasteiger partial charge in [0.2, 0.25) is 0 Å². The summed E-state index contributed by atoms with van der Waals surface area (Å²) in [4.78, 5) is 26.1. The van der Waals surface area contributed by atoms with E-state index in [4.69, 9.17) is 17.4 Å². The number of nitro benzene ring substituents is 1. The van der Waals surface area contributed by atoms with E-state index < -0.39 is 10.8 Å². The second-order valence-electron chi connectivity index (χ2n) is 3.93. The molecule has 0 aliphatic carbocycles. The Morgan fingerprint density at radius 2 is 2.10 bits per heavy atom. The number of hydrazine groups is 1. The van der Waals surface area contributed by atoms with Crippen LogP contribution in [0.25, 0.3) is 0 Å². The van der Waals surface area contributed by atoms with Crippen molar-refractivity contribution in [3.05, 3.63) is 57.2 Å². The van der Waals surface area contributed by atoms with E-state index in [-0.39, 0.29) is 22.1 Å². The molecule has 0 saturated heterocycles. The van der Waals surface area contributed by atoms with Crippen LogP contribution in [0.4, 0.5) is 17.2 Å². The van der Waals surface area contributed by atoms with Gasteiger partial charge >= 0.3 is 0 Å². The number of halogens is 1. The van der Waals surface area contributed by atoms with Gasteiger partial charge in [-0.3, -0.25) is 14.9 Å². The van der Waals surface area contributed by atoms with Gasteiger partial charge in [0.25, 0.3) is 11.6 Å². The van der Waals surface area contributed by atoms with Gasteiger partial charge in [0, 0.05) is 11.8 Å². The van der Waals surface area contributed by atoms with Gasteiger partial charge in [0.05, 0.1) is 4.92 Å². The number of hydrogen-bond acceptors (Lipinski definition) is 6. The Balaban J connectivity index is 2.23. The molecule has 0 spiro atoms. The van der Waals surface area contributed by atoms with E-state index >= 15 is 0 Å². The van der Waals surface area contributed by atoms with Crippen molar-refractivity contribution in [2.75, 3.05) is 10.7 Å². The van der Waals surface area contributed by atoms with Crippen LogP contribution in [-0.2, 0) is 0 Å². The predicted molar refractivity (Wildman–Crippen MR) is 78.1 cm³/mol. The van der Waals surface area contributed by atoms with Crippen LogP contribution in [0.3, 0.4) is 0 Å². The normalized spacial score (nSPS) is 10.0. The quantitative estimate of drug-likeness (QED) is 0.452. The minimum absolute atomic E-state index is 0.00884. The molecule has 2 aromatic rings. The van der Waals surface area contributed by atoms with E-state index in [0.717, 1.165) is 0 Å². The molecule has 0 radical (unpaired) electrons. The fourth-order valence-corrected chi connectivity index (χ4v) is 1.75. The summed E-state index contributed by atoms with van der Waals surface area (Å²) in [5, 5.41) is 13.3. The van der Waals surface area contributed by atoms with Crippen molar-refractivity contribution in [1.29, 1.82) is 0 Å². The van der Waals surface area contributed by atoms with Gasteiger partial charge in [-0.25, -0.2) is 10.8 Å². The second kappa shape index (κ2) is 6.16. The molecule has 0 saturated carbocycles. The standard InChI is InChI=1S/C12H10ClN5O3/c13-8-5-4-7(6-10(8)18(20)21)15-12(19)9-2-1-3-11(16-9)17-14/h1-6H,14H2,(H,15,19)(H,16,17). The molecule has 1 amide bonds. The molecular formula is C12H10ClN5O3. The van der Waals surface area contributed by atoms with Crippen molar-refractivity contribution in [2.45, 2.75) is 0 Å². The van der Waals surface area contributed by atoms with Gasteiger partial charge in [-0.05, 0) is 24.3 Å². The summed E-state index contributed by atoms with van der Waals surface area (Å²) in [6.07, 6.45) is 0. The molecular weight excluding hydrogens is 298 g/mol. The highest BCUT2D eigenvalue weighted by Crippen LogP contribution is 2.27. The van der Waals surface area contributed by atoms with Crippen LogP contribution in [0.2, 0.25) is 5.02 Å². The zero-order valence-electron chi connectivity index (χ0n) is 10.5. The molecule has 8 nitrogen and oxygen atoms in total. The fourth-order valence-electron chi connectivity index (χ4n) is 1.57. The maximum Gasteiger partial charge on any atom is 0.289 e. The minimum Gasteiger partial charge on any atom is -0.320 e. The maximum absolute atomic E-state index is 12.0. The Morgan fingerprint density at radius 1 is 1.33 bits per heavy atom. The summed E-state index contributed by atoms with van der Waals surface area (Å²) in [7, 11) is 0. The summed E-state index contributed by atoms with van der Waals surface area (Å²) in [6, 6.07) is 8.63. The number of nitrogens with two attached hydrogens (primary N) is 1. The van der Waals surface area contributed by atoms with E-state index in [2.05, 4.69) is 15.7 Å². The summed E-state index contributed by atoms with van der Waals surface area (Å²) in [5.74, 6) is 5.01. The number of carbonyl (C=O) groups excluding carboxylic acids is 1. The van der Waals surface area contributed by atoms with E-state index in [1.54, 1.807) is 12.1 Å². The highest BCUT2D eigenvalue weighted by atomic mass is 35.5. The van der Waals surface area contributed by atoms with Crippen LogP contribution < -0.4 is 16.6 Å². The zero-order valence-corrected chi connectivity index (χ0v) is 11.3. The van der Waals surface area contributed by atoms with Gasteiger partial charge in [0.15, 0.2) is 0 Å². The molecule has 21 heavy (non-hydrogen) atoms. The molecule has 108 valence electrons. The predicted octanol–water partition coefficient (Wildman–Crippen LogP) is 2.18. The first-order valence-corrected chi connectivity index (χ1v) is 6.08. The van der Waals surface area contributed by atoms with Gasteiger partial charge in [-0.15, -0.1) is 0 Å². The minimum atomic E-state index is -0.630. The third-order valence-corrected chi connectivity index (χ3v) is 2.85. The number of nitrogens with one attached hydrogen (secondary N) is 2. The topological polar surface area (TPSA) is 123 Å². The highest BCUT2D eigenvalue weighted by molar-refractivity contribution is 6.32. The lowest BCUT2D eigenvalue weighted by Gasteiger charge is -2.06. The van der Waals surface area contributed by atoms with Crippen LogP contribution in [0.1, 0.15) is 10.5 Å². The lowest BCUT2D eigenvalue weighted by atomic mass is 10.2. The molecule has 1 aromatic carbocycles. The first-order valence-electron chi connectivity index (χ1n) is 5.70. The van der Waals surface area contributed by atoms with Crippen LogP contribution in [-0.4, -0.2) is 15.8 Å². The Labute approximate surface area is 124 Å². The lowest BCUT2D eigenvalue weighted by Crippen LogP contribution is -2.16. The summed E-state index contributed by atoms with van der Waals surface area (Å²) in [5.41, 5.74) is 2.38. The monoisotopic (exact) mass is 307 g/mol. The molecule has 4 N–H and O–H groups in total. The van der Waals surface area contributed by atoms with Crippen molar-refractivity contribution in [1.82, 2.24) is 4.98 Å². The van der Waals surface area contributed by atoms with Crippen LogP contribution >= 0.6 is 11.6 Å². The molecule has 1 aromatic heterocycles. The molecule has 0 fully saturated rings. The third kappa shape index (κ3) is 3.44. The van der Waals surface area contributed by atoms with Crippen LogP contribution in [0, 0.1) is 10.1 Å². The lowest BCUT2D eigenvalue weighted by molar-refractivity contribution is -0.384. The van der Waals surface area contributed by atoms with Gasteiger partial charge in [-0.2, -0.15) is 0 Å². The fraction of sp³-hybridized carbons (Fsp3) is 0. The Hall–Kier alpha value is -2.71. The number of amides is 1. The highest BCUT2D eigenvalue weighted by Gasteiger charge is 2.15. The van der Waals surface area contributed by atoms with Crippen molar-refractivity contribution >= 4 is 34.7 Å². The van der Waals surface area contributed by atoms with E-state index in [1.807, 2.05) is 0 Å². The number of benzene rings is 1. The summed E-state index contributed by atoms with van der Waals surface area (Å²) < 4.78 is 0. The Kier molecular flexibility index (Phi) is 4.31. The van der Waals surface area contributed by atoms with Crippen molar-refractivity contribution in [3.8, 4) is 0 Å². The number of nitrogens with zero attached hydrogens (tertiary/aromatic N) is 2. The molecule has 0 aliphatic rings. The first kappa shape index (κ1) is 14.7. The molecule has 1 heterocycles. The SMILES string of the molecule is NNc1cccc(C(=O)Nc2ccc(Cl)c([N+](=O)[O-])c2)n1. The van der Waals surface area contributed by atoms with Crippen molar-refractivity contribution in [2.24, 2.45) is 5.84 Å². The van der Waals surface area contributed by atoms with E-state index in [0.29, 0.717) is 5.82 Å². The van der Waals surface area contributed by atoms with E-state index in [9.17, 15) is 14.9 Å². The van der Waals surface area contributed by atoms with Crippen LogP contribution in [0.15, 0.2) is 36.4 Å². The van der Waals surface area contributed by atoms with Crippen molar-refractivity contribution < 1.29 is 9.72 Å². The molecule has 0 aliphatic heterocycles. The average molecular weight is 308 g/mol. The first-order chi connectivity index (χ1) is 10.0. The van der Waals surface area contributed by atoms with Gasteiger partial charge in [-0.1, -0.05) is 17.7 Å². The van der Waals surface area contributed by atoms with Gasteiger partial charge in [0.1, 0.15) is 16.5 Å². The number of nitro groups is 1. The number of carbonyl (C=O) groups is 1. The molecule has 9 heteroatoms. The number of hydrogen-bond donors (Lipinski definition) is 3. The summed E-state index contributed by atoms with van der Waals surface area (Å²) >= 11 is 5.70. The second-order valence-corrected chi connectivity index (χ2v) is 4.34. The molecule has 2 rings (SSSR count). The van der Waals surface area contributed by atoms with Crippen LogP contribution in [0.5, 0.6) is 0 Å². The average Bonchev–Trinajstić information content (AvgIpc) is 2.49. The van der Waals surface area contributed by atoms with E-state index in [1.165, 1.54) is 24.3 Å². The molecule has 0 unspecified atom stereocenters.